The minimum Gasteiger partial charge on any atom is -0.856 e. The van der Waals surface area contributed by atoms with E-state index in [4.69, 9.17) is 27.2 Å². The molecule has 1 aliphatic rings. The summed E-state index contributed by atoms with van der Waals surface area (Å²) in [5.41, 5.74) is 4.24. The first-order valence-electron chi connectivity index (χ1n) is 8.22. The average Bonchev–Trinajstić information content (AvgIpc) is 2.90. The van der Waals surface area contributed by atoms with Crippen molar-refractivity contribution < 1.29 is 33.1 Å². The quantitative estimate of drug-likeness (QED) is 0.213. The highest BCUT2D eigenvalue weighted by atomic mass is 32.7. The molecule has 1 unspecified atom stereocenters. The molecule has 11 nitrogen and oxygen atoms in total. The summed E-state index contributed by atoms with van der Waals surface area (Å²) in [5, 5.41) is 21.9. The third-order valence-electron chi connectivity index (χ3n) is 4.02. The summed E-state index contributed by atoms with van der Waals surface area (Å²) in [7, 11) is -4.10. The van der Waals surface area contributed by atoms with E-state index in [1.54, 1.807) is 0 Å². The van der Waals surface area contributed by atoms with Crippen LogP contribution in [0.4, 0.5) is 14.6 Å². The number of pyridine rings is 1. The second kappa shape index (κ2) is 8.49. The molecule has 162 valence electrons. The Morgan fingerprint density at radius 1 is 1.53 bits per heavy atom. The maximum Gasteiger partial charge on any atom is 0.351 e. The van der Waals surface area contributed by atoms with Gasteiger partial charge < -0.3 is 32.9 Å². The zero-order chi connectivity index (χ0) is 22.1. The molecule has 1 saturated heterocycles. The molecule has 0 spiro atoms. The number of aliphatic hydroxyl groups excluding tert-OH is 1. The van der Waals surface area contributed by atoms with Crippen molar-refractivity contribution >= 4 is 31.0 Å². The van der Waals surface area contributed by atoms with Crippen molar-refractivity contribution in [1.29, 1.82) is 0 Å². The number of ether oxygens (including phenoxy) is 1. The zero-order valence-corrected chi connectivity index (χ0v) is 16.6. The van der Waals surface area contributed by atoms with E-state index in [0.29, 0.717) is 4.57 Å². The van der Waals surface area contributed by atoms with Gasteiger partial charge in [-0.1, -0.05) is 6.07 Å². The van der Waals surface area contributed by atoms with Crippen LogP contribution in [-0.2, 0) is 21.5 Å². The number of nitrogens with two attached hydrogens (primary N) is 1. The zero-order valence-electron chi connectivity index (χ0n) is 14.9. The molecule has 15 heteroatoms. The lowest BCUT2D eigenvalue weighted by atomic mass is 10.1. The Labute approximate surface area is 173 Å². The molecule has 0 aliphatic carbocycles. The van der Waals surface area contributed by atoms with E-state index in [1.807, 2.05) is 0 Å². The highest BCUT2D eigenvalue weighted by Gasteiger charge is 2.60. The fraction of sp³-hybridized carbons (Fsp3) is 0.333. The first-order chi connectivity index (χ1) is 14.0. The molecule has 30 heavy (non-hydrogen) atoms. The van der Waals surface area contributed by atoms with Crippen LogP contribution < -0.4 is 16.5 Å². The van der Waals surface area contributed by atoms with Gasteiger partial charge in [-0.15, -0.1) is 4.76 Å². The molecule has 0 bridgehead atoms. The van der Waals surface area contributed by atoms with E-state index in [9.17, 15) is 28.7 Å². The lowest BCUT2D eigenvalue weighted by molar-refractivity contribution is -0.212. The second-order valence-electron chi connectivity index (χ2n) is 6.12. The molecule has 0 saturated carbocycles. The van der Waals surface area contributed by atoms with E-state index >= 15 is 0 Å². The van der Waals surface area contributed by atoms with Gasteiger partial charge in [0.2, 0.25) is 6.23 Å². The lowest BCUT2D eigenvalue weighted by Gasteiger charge is -2.23. The molecular formula is C15H15F2N5O6PS-. The maximum atomic E-state index is 14.5. The van der Waals surface area contributed by atoms with Crippen LogP contribution in [0.5, 0.6) is 0 Å². The number of alkyl halides is 2. The van der Waals surface area contributed by atoms with Gasteiger partial charge in [-0.05, 0) is 12.1 Å². The van der Waals surface area contributed by atoms with Crippen LogP contribution in [0.3, 0.4) is 0 Å². The van der Waals surface area contributed by atoms with Crippen molar-refractivity contribution in [2.45, 2.75) is 24.4 Å². The van der Waals surface area contributed by atoms with Crippen LogP contribution in [0.2, 0.25) is 0 Å². The van der Waals surface area contributed by atoms with Gasteiger partial charge in [0.05, 0.1) is 0 Å². The van der Waals surface area contributed by atoms with E-state index < -0.39 is 49.6 Å². The molecule has 4 N–H and O–H groups in total. The van der Waals surface area contributed by atoms with Gasteiger partial charge in [0.25, 0.3) is 7.07 Å². The third-order valence-corrected chi connectivity index (χ3v) is 5.50. The number of hydrogen-bond donors (Lipinski definition) is 3. The normalized spacial score (nSPS) is 25.8. The fourth-order valence-electron chi connectivity index (χ4n) is 2.57. The lowest BCUT2D eigenvalue weighted by Crippen LogP contribution is -2.42. The van der Waals surface area contributed by atoms with Crippen molar-refractivity contribution in [2.24, 2.45) is 4.76 Å². The Balaban J connectivity index is 1.73. The molecule has 2 aromatic heterocycles. The van der Waals surface area contributed by atoms with Crippen molar-refractivity contribution in [3.63, 3.8) is 0 Å². The van der Waals surface area contributed by atoms with E-state index in [0.717, 1.165) is 12.3 Å². The van der Waals surface area contributed by atoms with Gasteiger partial charge in [0.15, 0.2) is 6.10 Å². The van der Waals surface area contributed by atoms with Crippen LogP contribution in [0.25, 0.3) is 0 Å². The molecular weight excluding hydrogens is 447 g/mol. The second-order valence-corrected chi connectivity index (χ2v) is 8.99. The molecule has 1 fully saturated rings. The molecule has 0 radical (unpaired) electrons. The average molecular weight is 462 g/mol. The Morgan fingerprint density at radius 3 is 2.90 bits per heavy atom. The van der Waals surface area contributed by atoms with Crippen LogP contribution >= 0.6 is 7.07 Å². The summed E-state index contributed by atoms with van der Waals surface area (Å²) in [5.74, 6) is -5.00. The van der Waals surface area contributed by atoms with Crippen LogP contribution in [-0.4, -0.2) is 55.2 Å². The molecule has 2 aromatic rings. The number of aromatic nitrogens is 3. The summed E-state index contributed by atoms with van der Waals surface area (Å²) >= 11 is 4.74. The monoisotopic (exact) mass is 462 g/mol. The summed E-state index contributed by atoms with van der Waals surface area (Å²) in [4.78, 5) is 29.0. The van der Waals surface area contributed by atoms with E-state index in [-0.39, 0.29) is 11.4 Å². The summed E-state index contributed by atoms with van der Waals surface area (Å²) in [6, 6.07) is 3.94. The smallest absolute Gasteiger partial charge is 0.351 e. The van der Waals surface area contributed by atoms with Crippen molar-refractivity contribution in [3.05, 3.63) is 52.8 Å². The van der Waals surface area contributed by atoms with Gasteiger partial charge >= 0.3 is 11.6 Å². The SMILES string of the molecule is Nc1ccn([C@@H]2O[C@H](CO[P+](O)([S-])N=C([O-])c3cccnc3)[C@@H](O)C2(F)F)c(=O)n1. The summed E-state index contributed by atoms with van der Waals surface area (Å²) in [6.45, 7) is -0.817. The van der Waals surface area contributed by atoms with Crippen molar-refractivity contribution in [3.8, 4) is 0 Å². The standard InChI is InChI=1S/C15H16F2N5O6PS/c16-15(17)11(23)9(28-13(15)22-5-3-10(18)20-14(22)25)7-27-29(26,30)21-12(24)8-2-1-4-19-6-8/h1-6,9,11,13,23H,7H2,(H2,18,20,25)(H2,21,24,26,30)/p-1/t9-,11-,13-,29?/m1/s1. The van der Waals surface area contributed by atoms with Crippen LogP contribution in [0.15, 0.2) is 46.3 Å². The molecule has 3 rings (SSSR count). The summed E-state index contributed by atoms with van der Waals surface area (Å²) in [6.07, 6.45) is -2.75. The van der Waals surface area contributed by atoms with Crippen molar-refractivity contribution in [2.75, 3.05) is 12.3 Å². The minimum absolute atomic E-state index is 0.0309. The van der Waals surface area contributed by atoms with E-state index in [2.05, 4.69) is 14.7 Å². The van der Waals surface area contributed by atoms with Gasteiger partial charge in [-0.3, -0.25) is 9.55 Å². The number of nitrogens with zero attached hydrogens (tertiary/aromatic N) is 4. The van der Waals surface area contributed by atoms with Gasteiger partial charge in [-0.2, -0.15) is 13.8 Å². The number of nitrogen functional groups attached to an aromatic ring is 1. The number of hydrogen-bond acceptors (Lipinski definition) is 11. The highest BCUT2D eigenvalue weighted by molar-refractivity contribution is 8.37. The maximum absolute atomic E-state index is 14.5. The number of halogens is 2. The Bertz CT molecular complexity index is 995. The minimum atomic E-state index is -4.10. The molecule has 4 atom stereocenters. The Kier molecular flexibility index (Phi) is 6.36. The van der Waals surface area contributed by atoms with Crippen LogP contribution in [0, 0.1) is 0 Å². The number of aliphatic hydroxyl groups is 1. The largest absolute Gasteiger partial charge is 0.856 e. The van der Waals surface area contributed by atoms with E-state index in [1.165, 1.54) is 24.5 Å². The molecule has 0 amide bonds. The molecule has 1 aliphatic heterocycles. The summed E-state index contributed by atoms with van der Waals surface area (Å²) < 4.78 is 42.8. The van der Waals surface area contributed by atoms with Gasteiger partial charge in [-0.25, -0.2) is 14.2 Å². The predicted molar refractivity (Wildman–Crippen MR) is 101 cm³/mol. The molecule has 0 aromatic carbocycles. The molecule has 3 heterocycles. The Morgan fingerprint density at radius 2 is 2.27 bits per heavy atom. The first kappa shape index (κ1) is 22.5. The predicted octanol–water partition coefficient (Wildman–Crippen LogP) is -0.845. The number of rotatable bonds is 6. The Hall–Kier alpha value is -2.22. The first-order valence-corrected chi connectivity index (χ1v) is 10.8. The van der Waals surface area contributed by atoms with Crippen molar-refractivity contribution in [1.82, 2.24) is 14.5 Å². The topological polar surface area (TPSA) is 168 Å². The highest BCUT2D eigenvalue weighted by Crippen LogP contribution is 2.56. The van der Waals surface area contributed by atoms with Crippen LogP contribution in [0.1, 0.15) is 11.8 Å². The fourth-order valence-corrected chi connectivity index (χ4v) is 3.72. The number of anilines is 1. The third kappa shape index (κ3) is 4.74. The van der Waals surface area contributed by atoms with Gasteiger partial charge in [0.1, 0.15) is 18.5 Å². The van der Waals surface area contributed by atoms with Gasteiger partial charge in [0, 0.05) is 30.1 Å².